The molecule has 0 bridgehead atoms. The van der Waals surface area contributed by atoms with Crippen LogP contribution in [0.5, 0.6) is 0 Å². The maximum Gasteiger partial charge on any atom is 0.266 e. The van der Waals surface area contributed by atoms with E-state index >= 15 is 0 Å². The Balaban J connectivity index is 1.60. The van der Waals surface area contributed by atoms with Gasteiger partial charge in [-0.2, -0.15) is 0 Å². The molecule has 0 atom stereocenters. The Morgan fingerprint density at radius 2 is 2.10 bits per heavy atom. The zero-order chi connectivity index (χ0) is 21.4. The predicted molar refractivity (Wildman–Crippen MR) is 111 cm³/mol. The monoisotopic (exact) mass is 426 g/mol. The van der Waals surface area contributed by atoms with Crippen molar-refractivity contribution in [3.05, 3.63) is 69.8 Å². The predicted octanol–water partition coefficient (Wildman–Crippen LogP) is 2.84. The van der Waals surface area contributed by atoms with E-state index in [1.165, 1.54) is 30.0 Å². The zero-order valence-electron chi connectivity index (χ0n) is 16.6. The lowest BCUT2D eigenvalue weighted by Crippen LogP contribution is -2.18. The summed E-state index contributed by atoms with van der Waals surface area (Å²) < 4.78 is 17.3. The van der Waals surface area contributed by atoms with E-state index < -0.39 is 5.82 Å². The molecular weight excluding hydrogens is 407 g/mol. The summed E-state index contributed by atoms with van der Waals surface area (Å²) in [5.74, 6) is -0.765. The summed E-state index contributed by atoms with van der Waals surface area (Å²) in [6.45, 7) is 3.60. The standard InChI is InChI=1S/C20H19FN6O2S/c1-11-14(12(2)27-17(23-11)10-19(29)25-27)9-18(28)24-15-8-13(21)4-5-16(15)30-20-22-6-7-26(20)3/h4-8,10H,9H2,1-3H3,(H,24,28)(H,25,29). The topological polar surface area (TPSA) is 97.1 Å². The second kappa shape index (κ2) is 7.79. The quantitative estimate of drug-likeness (QED) is 0.512. The Labute approximate surface area is 175 Å². The van der Waals surface area contributed by atoms with E-state index in [9.17, 15) is 14.0 Å². The first-order chi connectivity index (χ1) is 14.3. The summed E-state index contributed by atoms with van der Waals surface area (Å²) in [6, 6.07) is 5.64. The first-order valence-electron chi connectivity index (χ1n) is 9.14. The normalized spacial score (nSPS) is 11.2. The first kappa shape index (κ1) is 19.9. The fraction of sp³-hybridized carbons (Fsp3) is 0.200. The summed E-state index contributed by atoms with van der Waals surface area (Å²) in [6.07, 6.45) is 3.51. The highest BCUT2D eigenvalue weighted by molar-refractivity contribution is 7.99. The van der Waals surface area contributed by atoms with Gasteiger partial charge >= 0.3 is 0 Å². The third-order valence-electron chi connectivity index (χ3n) is 4.73. The van der Waals surface area contributed by atoms with Crippen molar-refractivity contribution in [3.63, 3.8) is 0 Å². The number of aryl methyl sites for hydroxylation is 3. The number of H-pyrrole nitrogens is 1. The van der Waals surface area contributed by atoms with Gasteiger partial charge in [-0.1, -0.05) is 0 Å². The molecule has 1 aromatic carbocycles. The largest absolute Gasteiger partial charge is 0.329 e. The molecule has 2 N–H and O–H groups in total. The first-order valence-corrected chi connectivity index (χ1v) is 9.96. The molecule has 30 heavy (non-hydrogen) atoms. The van der Waals surface area contributed by atoms with Crippen LogP contribution in [-0.2, 0) is 18.3 Å². The van der Waals surface area contributed by atoms with Crippen LogP contribution in [0.3, 0.4) is 0 Å². The number of nitrogens with zero attached hydrogens (tertiary/aromatic N) is 4. The molecule has 4 aromatic rings. The van der Waals surface area contributed by atoms with E-state index in [0.29, 0.717) is 27.5 Å². The van der Waals surface area contributed by atoms with Crippen LogP contribution < -0.4 is 10.9 Å². The van der Waals surface area contributed by atoms with Crippen LogP contribution in [0.4, 0.5) is 10.1 Å². The molecule has 3 heterocycles. The smallest absolute Gasteiger partial charge is 0.266 e. The van der Waals surface area contributed by atoms with Crippen molar-refractivity contribution < 1.29 is 9.18 Å². The van der Waals surface area contributed by atoms with Gasteiger partial charge in [-0.25, -0.2) is 18.9 Å². The van der Waals surface area contributed by atoms with Gasteiger partial charge in [-0.05, 0) is 43.8 Å². The molecule has 4 rings (SSSR count). The fourth-order valence-electron chi connectivity index (χ4n) is 3.20. The van der Waals surface area contributed by atoms with Crippen molar-refractivity contribution in [1.82, 2.24) is 24.1 Å². The van der Waals surface area contributed by atoms with E-state index in [1.807, 2.05) is 24.7 Å². The highest BCUT2D eigenvalue weighted by Crippen LogP contribution is 2.33. The zero-order valence-corrected chi connectivity index (χ0v) is 17.4. The molecule has 0 spiro atoms. The molecule has 0 radical (unpaired) electrons. The number of nitrogens with one attached hydrogen (secondary N) is 2. The number of amides is 1. The number of rotatable bonds is 5. The summed E-state index contributed by atoms with van der Waals surface area (Å²) in [4.78, 5) is 33.7. The summed E-state index contributed by atoms with van der Waals surface area (Å²) in [5, 5.41) is 6.18. The van der Waals surface area contributed by atoms with Crippen molar-refractivity contribution in [2.24, 2.45) is 7.05 Å². The minimum Gasteiger partial charge on any atom is -0.329 e. The molecule has 0 saturated heterocycles. The lowest BCUT2D eigenvalue weighted by molar-refractivity contribution is -0.115. The van der Waals surface area contributed by atoms with Crippen LogP contribution in [0.2, 0.25) is 0 Å². The Morgan fingerprint density at radius 3 is 2.83 bits per heavy atom. The molecule has 0 aliphatic heterocycles. The minimum absolute atomic E-state index is 0.0316. The number of carbonyl (C=O) groups is 1. The maximum absolute atomic E-state index is 13.9. The second-order valence-electron chi connectivity index (χ2n) is 6.86. The molecule has 154 valence electrons. The van der Waals surface area contributed by atoms with Gasteiger partial charge in [0.2, 0.25) is 5.91 Å². The minimum atomic E-state index is -0.449. The lowest BCUT2D eigenvalue weighted by atomic mass is 10.1. The van der Waals surface area contributed by atoms with Crippen molar-refractivity contribution >= 4 is 29.0 Å². The molecule has 3 aromatic heterocycles. The summed E-state index contributed by atoms with van der Waals surface area (Å²) in [7, 11) is 1.86. The van der Waals surface area contributed by atoms with Crippen molar-refractivity contribution in [3.8, 4) is 0 Å². The summed E-state index contributed by atoms with van der Waals surface area (Å²) >= 11 is 1.33. The highest BCUT2D eigenvalue weighted by atomic mass is 32.2. The Bertz CT molecular complexity index is 1320. The second-order valence-corrected chi connectivity index (χ2v) is 7.87. The van der Waals surface area contributed by atoms with Crippen LogP contribution >= 0.6 is 11.8 Å². The number of benzene rings is 1. The fourth-order valence-corrected chi connectivity index (χ4v) is 4.07. The Kier molecular flexibility index (Phi) is 5.17. The van der Waals surface area contributed by atoms with Gasteiger partial charge in [-0.15, -0.1) is 0 Å². The molecule has 1 amide bonds. The molecule has 10 heteroatoms. The van der Waals surface area contributed by atoms with Gasteiger partial charge in [0.15, 0.2) is 10.8 Å². The van der Waals surface area contributed by atoms with E-state index in [-0.39, 0.29) is 17.9 Å². The van der Waals surface area contributed by atoms with Crippen LogP contribution in [0.15, 0.2) is 51.5 Å². The lowest BCUT2D eigenvalue weighted by Gasteiger charge is -2.13. The third kappa shape index (κ3) is 3.86. The molecule has 0 aliphatic carbocycles. The third-order valence-corrected chi connectivity index (χ3v) is 5.89. The van der Waals surface area contributed by atoms with Gasteiger partial charge in [0, 0.05) is 47.4 Å². The number of hydrogen-bond acceptors (Lipinski definition) is 5. The SMILES string of the molecule is Cc1nc2cc(=O)[nH]n2c(C)c1CC(=O)Nc1cc(F)ccc1Sc1nccn1C. The van der Waals surface area contributed by atoms with Crippen molar-refractivity contribution in [2.45, 2.75) is 30.3 Å². The van der Waals surface area contributed by atoms with Gasteiger partial charge in [0.25, 0.3) is 5.56 Å². The number of halogens is 1. The average molecular weight is 426 g/mol. The Hall–Kier alpha value is -3.40. The molecule has 0 unspecified atom stereocenters. The number of aromatic nitrogens is 5. The van der Waals surface area contributed by atoms with E-state index in [2.05, 4.69) is 20.4 Å². The van der Waals surface area contributed by atoms with E-state index in [4.69, 9.17) is 0 Å². The highest BCUT2D eigenvalue weighted by Gasteiger charge is 2.16. The number of anilines is 1. The number of imidazole rings is 1. The number of aromatic amines is 1. The number of carbonyl (C=O) groups excluding carboxylic acids is 1. The van der Waals surface area contributed by atoms with Gasteiger partial charge in [0.1, 0.15) is 5.82 Å². The molecule has 8 nitrogen and oxygen atoms in total. The van der Waals surface area contributed by atoms with Gasteiger partial charge in [0.05, 0.1) is 12.1 Å². The Morgan fingerprint density at radius 1 is 1.30 bits per heavy atom. The number of hydrogen-bond donors (Lipinski definition) is 2. The van der Waals surface area contributed by atoms with E-state index in [1.54, 1.807) is 23.7 Å². The number of fused-ring (bicyclic) bond motifs is 1. The van der Waals surface area contributed by atoms with E-state index in [0.717, 1.165) is 10.9 Å². The van der Waals surface area contributed by atoms with Crippen molar-refractivity contribution in [1.29, 1.82) is 0 Å². The molecule has 0 saturated carbocycles. The van der Waals surface area contributed by atoms with Crippen LogP contribution in [0, 0.1) is 19.7 Å². The summed E-state index contributed by atoms with van der Waals surface area (Å²) in [5.41, 5.74) is 2.67. The van der Waals surface area contributed by atoms with Crippen molar-refractivity contribution in [2.75, 3.05) is 5.32 Å². The van der Waals surface area contributed by atoms with Gasteiger partial charge < -0.3 is 9.88 Å². The van der Waals surface area contributed by atoms with Crippen LogP contribution in [0.25, 0.3) is 5.65 Å². The van der Waals surface area contributed by atoms with Crippen LogP contribution in [0.1, 0.15) is 17.0 Å². The average Bonchev–Trinajstić information content (AvgIpc) is 3.26. The molecule has 0 fully saturated rings. The molecule has 0 aliphatic rings. The van der Waals surface area contributed by atoms with Gasteiger partial charge in [-0.3, -0.25) is 14.7 Å². The van der Waals surface area contributed by atoms with Crippen LogP contribution in [-0.4, -0.2) is 30.1 Å². The molecular formula is C20H19FN6O2S. The maximum atomic E-state index is 13.9.